The Hall–Kier alpha value is -2.78. The standard InChI is InChI=1S/C18H18N4O4/c23-13(15(25)17-19-9-5-1-2-6-10(9)20-17)14(24)16(26)18-21-11-7-3-4-8-12(11)22-18/h1-8,13-16,23-26H,(H,19,20)(H,21,22)/t13-,14-,15-,16-/m0/s1. The summed E-state index contributed by atoms with van der Waals surface area (Å²) < 4.78 is 0. The number of fused-ring (bicyclic) bond motifs is 2. The number of nitrogens with one attached hydrogen (secondary N) is 2. The first-order chi connectivity index (χ1) is 12.5. The molecule has 0 unspecified atom stereocenters. The molecule has 0 bridgehead atoms. The fourth-order valence-corrected chi connectivity index (χ4v) is 2.92. The van der Waals surface area contributed by atoms with Crippen LogP contribution in [0.5, 0.6) is 0 Å². The van der Waals surface area contributed by atoms with Crippen molar-refractivity contribution in [2.75, 3.05) is 0 Å². The molecule has 0 spiro atoms. The molecule has 2 aromatic heterocycles. The number of hydrogen-bond donors (Lipinski definition) is 6. The molecule has 0 aliphatic rings. The average Bonchev–Trinajstić information content (AvgIpc) is 3.29. The van der Waals surface area contributed by atoms with E-state index in [0.717, 1.165) is 0 Å². The number of aromatic amines is 2. The molecule has 2 aromatic carbocycles. The zero-order valence-corrected chi connectivity index (χ0v) is 13.6. The van der Waals surface area contributed by atoms with Gasteiger partial charge >= 0.3 is 0 Å². The highest BCUT2D eigenvalue weighted by molar-refractivity contribution is 5.75. The molecule has 2 heterocycles. The predicted molar refractivity (Wildman–Crippen MR) is 94.1 cm³/mol. The summed E-state index contributed by atoms with van der Waals surface area (Å²) in [5.41, 5.74) is 2.64. The molecule has 0 aliphatic carbocycles. The number of para-hydroxylation sites is 4. The fraction of sp³-hybridized carbons (Fsp3) is 0.222. The molecule has 8 nitrogen and oxygen atoms in total. The number of nitrogens with zero attached hydrogens (tertiary/aromatic N) is 2. The second kappa shape index (κ2) is 6.50. The van der Waals surface area contributed by atoms with Crippen LogP contribution in [0.15, 0.2) is 48.5 Å². The summed E-state index contributed by atoms with van der Waals surface area (Å²) in [6.07, 6.45) is -6.34. The summed E-state index contributed by atoms with van der Waals surface area (Å²) >= 11 is 0. The van der Waals surface area contributed by atoms with Gasteiger partial charge in [0.15, 0.2) is 0 Å². The summed E-state index contributed by atoms with van der Waals surface area (Å²) in [4.78, 5) is 14.2. The Morgan fingerprint density at radius 2 is 1.00 bits per heavy atom. The number of aromatic nitrogens is 4. The highest BCUT2D eigenvalue weighted by atomic mass is 16.4. The number of aliphatic hydroxyl groups excluding tert-OH is 4. The smallest absolute Gasteiger partial charge is 0.140 e. The van der Waals surface area contributed by atoms with Crippen molar-refractivity contribution in [3.8, 4) is 0 Å². The van der Waals surface area contributed by atoms with Crippen LogP contribution in [-0.2, 0) is 0 Å². The van der Waals surface area contributed by atoms with E-state index < -0.39 is 24.4 Å². The van der Waals surface area contributed by atoms with Gasteiger partial charge in [0, 0.05) is 0 Å². The van der Waals surface area contributed by atoms with Gasteiger partial charge in [0.1, 0.15) is 36.1 Å². The lowest BCUT2D eigenvalue weighted by molar-refractivity contribution is -0.111. The van der Waals surface area contributed by atoms with E-state index in [9.17, 15) is 20.4 Å². The second-order valence-electron chi connectivity index (χ2n) is 6.15. The lowest BCUT2D eigenvalue weighted by Gasteiger charge is -2.24. The van der Waals surface area contributed by atoms with Gasteiger partial charge in [-0.05, 0) is 24.3 Å². The zero-order valence-electron chi connectivity index (χ0n) is 13.6. The van der Waals surface area contributed by atoms with E-state index in [1.165, 1.54) is 0 Å². The van der Waals surface area contributed by atoms with Crippen LogP contribution in [0.25, 0.3) is 22.1 Å². The van der Waals surface area contributed by atoms with Crippen LogP contribution in [-0.4, -0.2) is 52.6 Å². The molecule has 0 radical (unpaired) electrons. The van der Waals surface area contributed by atoms with E-state index in [1.807, 2.05) is 12.1 Å². The van der Waals surface area contributed by atoms with Crippen LogP contribution in [0.4, 0.5) is 0 Å². The Labute approximate surface area is 147 Å². The molecule has 0 fully saturated rings. The number of aliphatic hydroxyl groups is 4. The van der Waals surface area contributed by atoms with Crippen molar-refractivity contribution in [3.63, 3.8) is 0 Å². The predicted octanol–water partition coefficient (Wildman–Crippen LogP) is 0.928. The lowest BCUT2D eigenvalue weighted by atomic mass is 10.0. The third-order valence-electron chi connectivity index (χ3n) is 4.37. The van der Waals surface area contributed by atoms with E-state index >= 15 is 0 Å². The normalized spacial score (nSPS) is 16.6. The van der Waals surface area contributed by atoms with Gasteiger partial charge in [0.2, 0.25) is 0 Å². The summed E-state index contributed by atoms with van der Waals surface area (Å²) in [6.45, 7) is 0. The minimum atomic E-state index is -1.67. The van der Waals surface area contributed by atoms with Gasteiger partial charge in [-0.15, -0.1) is 0 Å². The van der Waals surface area contributed by atoms with Gasteiger partial charge in [-0.25, -0.2) is 9.97 Å². The highest BCUT2D eigenvalue weighted by Crippen LogP contribution is 2.26. The molecule has 0 amide bonds. The van der Waals surface area contributed by atoms with E-state index in [2.05, 4.69) is 19.9 Å². The summed E-state index contributed by atoms with van der Waals surface area (Å²) in [7, 11) is 0. The Kier molecular flexibility index (Phi) is 4.17. The Balaban J connectivity index is 1.56. The first-order valence-electron chi connectivity index (χ1n) is 8.16. The third-order valence-corrected chi connectivity index (χ3v) is 4.37. The van der Waals surface area contributed by atoms with Gasteiger partial charge in [-0.3, -0.25) is 0 Å². The van der Waals surface area contributed by atoms with Crippen LogP contribution in [0.1, 0.15) is 23.9 Å². The van der Waals surface area contributed by atoms with Crippen molar-refractivity contribution < 1.29 is 20.4 Å². The van der Waals surface area contributed by atoms with E-state index in [1.54, 1.807) is 36.4 Å². The van der Waals surface area contributed by atoms with Crippen molar-refractivity contribution in [2.24, 2.45) is 0 Å². The van der Waals surface area contributed by atoms with Crippen LogP contribution < -0.4 is 0 Å². The molecule has 134 valence electrons. The molecular formula is C18H18N4O4. The summed E-state index contributed by atoms with van der Waals surface area (Å²) in [5.74, 6) is 0.212. The minimum absolute atomic E-state index is 0.106. The van der Waals surface area contributed by atoms with Gasteiger partial charge in [-0.2, -0.15) is 0 Å². The minimum Gasteiger partial charge on any atom is -0.387 e. The second-order valence-corrected chi connectivity index (χ2v) is 6.15. The molecule has 6 N–H and O–H groups in total. The van der Waals surface area contributed by atoms with Crippen molar-refractivity contribution in [1.29, 1.82) is 0 Å². The van der Waals surface area contributed by atoms with Crippen molar-refractivity contribution in [1.82, 2.24) is 19.9 Å². The molecule has 26 heavy (non-hydrogen) atoms. The molecule has 4 rings (SSSR count). The number of hydrogen-bond acceptors (Lipinski definition) is 6. The molecule has 0 aliphatic heterocycles. The van der Waals surface area contributed by atoms with Crippen LogP contribution >= 0.6 is 0 Å². The number of benzene rings is 2. The number of rotatable bonds is 5. The quantitative estimate of drug-likeness (QED) is 0.315. The van der Waals surface area contributed by atoms with Crippen molar-refractivity contribution in [3.05, 3.63) is 60.2 Å². The monoisotopic (exact) mass is 354 g/mol. The summed E-state index contributed by atoms with van der Waals surface area (Å²) in [5, 5.41) is 41.3. The van der Waals surface area contributed by atoms with Gasteiger partial charge in [0.25, 0.3) is 0 Å². The lowest BCUT2D eigenvalue weighted by Crippen LogP contribution is -2.37. The van der Waals surface area contributed by atoms with Crippen LogP contribution in [0.3, 0.4) is 0 Å². The maximum Gasteiger partial charge on any atom is 0.140 e. The zero-order chi connectivity index (χ0) is 18.3. The SMILES string of the molecule is O[C@@H]([C@H](O)[C@H](O)c1nc2ccccc2[nH]1)[C@H](O)c1nc2ccccc2[nH]1. The molecule has 4 aromatic rings. The topological polar surface area (TPSA) is 138 Å². The molecule has 0 saturated carbocycles. The Morgan fingerprint density at radius 3 is 1.38 bits per heavy atom. The molecule has 8 heteroatoms. The number of H-pyrrole nitrogens is 2. The largest absolute Gasteiger partial charge is 0.387 e. The fourth-order valence-electron chi connectivity index (χ4n) is 2.92. The van der Waals surface area contributed by atoms with Crippen LogP contribution in [0.2, 0.25) is 0 Å². The van der Waals surface area contributed by atoms with Gasteiger partial charge < -0.3 is 30.4 Å². The van der Waals surface area contributed by atoms with Crippen molar-refractivity contribution in [2.45, 2.75) is 24.4 Å². The van der Waals surface area contributed by atoms with Crippen molar-refractivity contribution >= 4 is 22.1 Å². The Bertz CT molecular complexity index is 894. The highest BCUT2D eigenvalue weighted by Gasteiger charge is 2.35. The third kappa shape index (κ3) is 2.85. The molecule has 0 saturated heterocycles. The van der Waals surface area contributed by atoms with Crippen LogP contribution in [0, 0.1) is 0 Å². The molecule has 4 atom stereocenters. The first-order valence-corrected chi connectivity index (χ1v) is 8.16. The average molecular weight is 354 g/mol. The summed E-state index contributed by atoms with van der Waals surface area (Å²) in [6, 6.07) is 14.3. The van der Waals surface area contributed by atoms with Gasteiger partial charge in [0.05, 0.1) is 22.1 Å². The Morgan fingerprint density at radius 1 is 0.615 bits per heavy atom. The van der Waals surface area contributed by atoms with E-state index in [4.69, 9.17) is 0 Å². The maximum absolute atomic E-state index is 10.4. The maximum atomic E-state index is 10.4. The van der Waals surface area contributed by atoms with E-state index in [0.29, 0.717) is 22.1 Å². The molecular weight excluding hydrogens is 336 g/mol. The number of imidazole rings is 2. The van der Waals surface area contributed by atoms with Gasteiger partial charge in [-0.1, -0.05) is 24.3 Å². The van der Waals surface area contributed by atoms with E-state index in [-0.39, 0.29) is 11.6 Å². The first kappa shape index (κ1) is 16.7.